The molecular weight excluding hydrogens is 252 g/mol. The van der Waals surface area contributed by atoms with E-state index in [0.29, 0.717) is 0 Å². The van der Waals surface area contributed by atoms with Crippen LogP contribution in [0.15, 0.2) is 35.5 Å². The fourth-order valence-electron chi connectivity index (χ4n) is 1.32. The summed E-state index contributed by atoms with van der Waals surface area (Å²) in [5, 5.41) is 26.4. The minimum Gasteiger partial charge on any atom is -0.478 e. The van der Waals surface area contributed by atoms with Crippen LogP contribution in [0.3, 0.4) is 0 Å². The van der Waals surface area contributed by atoms with Crippen LogP contribution in [0, 0.1) is 5.92 Å². The number of hydrogen-bond donors (Lipinski definition) is 3. The van der Waals surface area contributed by atoms with Crippen molar-refractivity contribution in [3.63, 3.8) is 0 Å². The molecule has 0 aliphatic rings. The average molecular weight is 268 g/mol. The zero-order valence-electron chi connectivity index (χ0n) is 10.7. The second-order valence-electron chi connectivity index (χ2n) is 4.02. The largest absolute Gasteiger partial charge is 0.478 e. The molecule has 0 aliphatic carbocycles. The summed E-state index contributed by atoms with van der Waals surface area (Å²) in [5.74, 6) is -4.20. The Labute approximate surface area is 110 Å². The third kappa shape index (κ3) is 5.67. The number of hydrogen-bond acceptors (Lipinski definition) is 3. The van der Waals surface area contributed by atoms with Crippen LogP contribution in [-0.2, 0) is 14.4 Å². The van der Waals surface area contributed by atoms with Gasteiger partial charge in [0.25, 0.3) is 0 Å². The number of carboxylic acids is 3. The first kappa shape index (κ1) is 16.6. The molecule has 0 aromatic rings. The second kappa shape index (κ2) is 7.15. The lowest BCUT2D eigenvalue weighted by atomic mass is 9.96. The van der Waals surface area contributed by atoms with Crippen LogP contribution in [0.5, 0.6) is 0 Å². The van der Waals surface area contributed by atoms with Crippen LogP contribution in [0.4, 0.5) is 0 Å². The fraction of sp³-hybridized carbons (Fsp3) is 0.308. The van der Waals surface area contributed by atoms with Gasteiger partial charge in [-0.3, -0.25) is 0 Å². The Morgan fingerprint density at radius 2 is 1.63 bits per heavy atom. The Morgan fingerprint density at radius 3 is 2.00 bits per heavy atom. The predicted octanol–water partition coefficient (Wildman–Crippen LogP) is 1.70. The van der Waals surface area contributed by atoms with Crippen molar-refractivity contribution in [1.82, 2.24) is 0 Å². The molecule has 3 N–H and O–H groups in total. The second-order valence-corrected chi connectivity index (χ2v) is 4.02. The molecule has 0 spiro atoms. The van der Waals surface area contributed by atoms with Crippen molar-refractivity contribution in [3.8, 4) is 0 Å². The number of carboxylic acid groups (broad SMARTS) is 3. The van der Waals surface area contributed by atoms with Gasteiger partial charge in [0.1, 0.15) is 0 Å². The van der Waals surface area contributed by atoms with Gasteiger partial charge in [0.15, 0.2) is 0 Å². The number of aliphatic carboxylic acids is 3. The van der Waals surface area contributed by atoms with Crippen molar-refractivity contribution in [1.29, 1.82) is 0 Å². The summed E-state index contributed by atoms with van der Waals surface area (Å²) < 4.78 is 0. The molecule has 0 radical (unpaired) electrons. The Bertz CT molecular complexity index is 470. The summed E-state index contributed by atoms with van der Waals surface area (Å²) in [6.45, 7) is 6.17. The van der Waals surface area contributed by atoms with Gasteiger partial charge in [0.2, 0.25) is 0 Å². The zero-order chi connectivity index (χ0) is 15.2. The average Bonchev–Trinajstić information content (AvgIpc) is 2.27. The molecule has 6 heteroatoms. The fourth-order valence-corrected chi connectivity index (χ4v) is 1.32. The Morgan fingerprint density at radius 1 is 1.11 bits per heavy atom. The van der Waals surface area contributed by atoms with Crippen molar-refractivity contribution in [2.45, 2.75) is 20.3 Å². The third-order valence-corrected chi connectivity index (χ3v) is 2.45. The van der Waals surface area contributed by atoms with E-state index in [4.69, 9.17) is 15.3 Å². The maximum absolute atomic E-state index is 11.1. The standard InChI is InChI=1S/C13H16O6/c1-7(11(14)15)4-5-10(13(18)19)8(2)6-9(3)12(16)17/h5-6,8H,1,4H2,2-3H3,(H,14,15)(H,16,17)(H,18,19). The molecule has 0 bridgehead atoms. The van der Waals surface area contributed by atoms with Gasteiger partial charge in [-0.2, -0.15) is 0 Å². The van der Waals surface area contributed by atoms with Crippen molar-refractivity contribution in [2.24, 2.45) is 5.92 Å². The molecule has 0 saturated heterocycles. The molecule has 0 fully saturated rings. The molecule has 0 aromatic carbocycles. The van der Waals surface area contributed by atoms with Crippen LogP contribution in [0.2, 0.25) is 0 Å². The Kier molecular flexibility index (Phi) is 6.26. The predicted molar refractivity (Wildman–Crippen MR) is 67.7 cm³/mol. The molecular formula is C13H16O6. The Balaban J connectivity index is 5.12. The van der Waals surface area contributed by atoms with E-state index in [-0.39, 0.29) is 23.1 Å². The lowest BCUT2D eigenvalue weighted by Crippen LogP contribution is -2.10. The maximum Gasteiger partial charge on any atom is 0.331 e. The molecule has 19 heavy (non-hydrogen) atoms. The van der Waals surface area contributed by atoms with Crippen molar-refractivity contribution >= 4 is 17.9 Å². The van der Waals surface area contributed by atoms with Crippen LogP contribution in [0.1, 0.15) is 20.3 Å². The smallest absolute Gasteiger partial charge is 0.331 e. The van der Waals surface area contributed by atoms with Gasteiger partial charge in [-0.05, 0) is 13.3 Å². The van der Waals surface area contributed by atoms with Crippen molar-refractivity contribution in [2.75, 3.05) is 0 Å². The normalized spacial score (nSPS) is 13.8. The number of carbonyl (C=O) groups is 3. The van der Waals surface area contributed by atoms with E-state index in [2.05, 4.69) is 6.58 Å². The lowest BCUT2D eigenvalue weighted by molar-refractivity contribution is -0.134. The third-order valence-electron chi connectivity index (χ3n) is 2.45. The maximum atomic E-state index is 11.1. The molecule has 1 atom stereocenters. The quantitative estimate of drug-likeness (QED) is 0.606. The summed E-state index contributed by atoms with van der Waals surface area (Å²) in [6, 6.07) is 0. The summed E-state index contributed by atoms with van der Waals surface area (Å²) >= 11 is 0. The Hall–Kier alpha value is -2.37. The molecule has 6 nitrogen and oxygen atoms in total. The van der Waals surface area contributed by atoms with E-state index < -0.39 is 23.8 Å². The lowest BCUT2D eigenvalue weighted by Gasteiger charge is -2.09. The summed E-state index contributed by atoms with van der Waals surface area (Å²) in [5.41, 5.74) is -0.176. The first-order valence-electron chi connectivity index (χ1n) is 5.43. The minimum absolute atomic E-state index is 0.0247. The van der Waals surface area contributed by atoms with Crippen molar-refractivity contribution in [3.05, 3.63) is 35.5 Å². The van der Waals surface area contributed by atoms with E-state index in [9.17, 15) is 14.4 Å². The van der Waals surface area contributed by atoms with Crippen molar-refractivity contribution < 1.29 is 29.7 Å². The van der Waals surface area contributed by atoms with E-state index in [0.717, 1.165) is 0 Å². The molecule has 0 rings (SSSR count). The van der Waals surface area contributed by atoms with Gasteiger partial charge in [-0.15, -0.1) is 0 Å². The number of rotatable bonds is 7. The highest BCUT2D eigenvalue weighted by atomic mass is 16.4. The summed E-state index contributed by atoms with van der Waals surface area (Å²) in [6.07, 6.45) is 2.42. The van der Waals surface area contributed by atoms with Gasteiger partial charge in [0, 0.05) is 22.6 Å². The van der Waals surface area contributed by atoms with Crippen LogP contribution in [0.25, 0.3) is 0 Å². The summed E-state index contributed by atoms with van der Waals surface area (Å²) in [4.78, 5) is 32.3. The molecule has 0 amide bonds. The number of allylic oxidation sites excluding steroid dienone is 2. The van der Waals surface area contributed by atoms with E-state index in [1.165, 1.54) is 26.0 Å². The van der Waals surface area contributed by atoms with Gasteiger partial charge >= 0.3 is 17.9 Å². The van der Waals surface area contributed by atoms with Crippen LogP contribution >= 0.6 is 0 Å². The molecule has 104 valence electrons. The highest BCUT2D eigenvalue weighted by molar-refractivity contribution is 5.90. The topological polar surface area (TPSA) is 112 Å². The first-order valence-corrected chi connectivity index (χ1v) is 5.43. The van der Waals surface area contributed by atoms with Gasteiger partial charge in [0.05, 0.1) is 0 Å². The molecule has 1 unspecified atom stereocenters. The van der Waals surface area contributed by atoms with E-state index >= 15 is 0 Å². The van der Waals surface area contributed by atoms with Crippen LogP contribution in [-0.4, -0.2) is 33.2 Å². The van der Waals surface area contributed by atoms with Crippen LogP contribution < -0.4 is 0 Å². The monoisotopic (exact) mass is 268 g/mol. The first-order chi connectivity index (χ1) is 8.66. The van der Waals surface area contributed by atoms with Gasteiger partial charge < -0.3 is 15.3 Å². The minimum atomic E-state index is -1.22. The zero-order valence-corrected chi connectivity index (χ0v) is 10.7. The van der Waals surface area contributed by atoms with Gasteiger partial charge in [-0.25, -0.2) is 14.4 Å². The highest BCUT2D eigenvalue weighted by Crippen LogP contribution is 2.17. The van der Waals surface area contributed by atoms with E-state index in [1.54, 1.807) is 0 Å². The molecule has 0 saturated carbocycles. The molecule has 0 aromatic heterocycles. The highest BCUT2D eigenvalue weighted by Gasteiger charge is 2.16. The molecule has 0 aliphatic heterocycles. The van der Waals surface area contributed by atoms with E-state index in [1.807, 2.05) is 0 Å². The SMILES string of the molecule is C=C(CC=C(C(=O)O)C(C)C=C(C)C(=O)O)C(=O)O. The van der Waals surface area contributed by atoms with Gasteiger partial charge in [-0.1, -0.05) is 25.7 Å². The summed E-state index contributed by atoms with van der Waals surface area (Å²) in [7, 11) is 0. The molecule has 0 heterocycles.